The van der Waals surface area contributed by atoms with Gasteiger partial charge in [-0.15, -0.1) is 0 Å². The maximum atomic E-state index is 11.4. The van der Waals surface area contributed by atoms with Crippen LogP contribution in [-0.4, -0.2) is 16.1 Å². The van der Waals surface area contributed by atoms with E-state index in [1.807, 2.05) is 24.3 Å². The molecule has 5 nitrogen and oxygen atoms in total. The number of rotatable bonds is 6. The maximum absolute atomic E-state index is 11.4. The zero-order valence-corrected chi connectivity index (χ0v) is 19.2. The first-order valence-corrected chi connectivity index (χ1v) is 11.9. The highest BCUT2D eigenvalue weighted by atomic mass is 16.4. The summed E-state index contributed by atoms with van der Waals surface area (Å²) in [6.45, 7) is 4.82. The normalized spacial score (nSPS) is 26.1. The summed E-state index contributed by atoms with van der Waals surface area (Å²) in [6.07, 6.45) is 6.90. The van der Waals surface area contributed by atoms with Crippen molar-refractivity contribution in [2.24, 2.45) is 17.8 Å². The zero-order valence-electron chi connectivity index (χ0n) is 19.2. The fourth-order valence-corrected chi connectivity index (χ4v) is 6.34. The van der Waals surface area contributed by atoms with Gasteiger partial charge in [0.25, 0.3) is 0 Å². The molecule has 2 saturated carbocycles. The lowest BCUT2D eigenvalue weighted by Crippen LogP contribution is -2.25. The van der Waals surface area contributed by atoms with Crippen LogP contribution < -0.4 is 10.6 Å². The van der Waals surface area contributed by atoms with Crippen LogP contribution in [0.1, 0.15) is 55.5 Å². The fraction of sp³-hybridized carbons (Fsp3) is 0.357. The van der Waals surface area contributed by atoms with E-state index >= 15 is 0 Å². The summed E-state index contributed by atoms with van der Waals surface area (Å²) in [5.74, 6) is 1.76. The van der Waals surface area contributed by atoms with Crippen molar-refractivity contribution < 1.29 is 9.90 Å². The van der Waals surface area contributed by atoms with Gasteiger partial charge in [-0.2, -0.15) is 0 Å². The molecule has 170 valence electrons. The van der Waals surface area contributed by atoms with Crippen molar-refractivity contribution in [3.63, 3.8) is 0 Å². The number of hydrogen-bond acceptors (Lipinski definition) is 4. The SMILES string of the molecule is CC1CC2CC(C)CC2(c2cccc(Nc3ccc(Nc4ncccc4C(=O)O)cc3)c2)C1. The van der Waals surface area contributed by atoms with Crippen LogP contribution >= 0.6 is 0 Å². The molecule has 3 aromatic rings. The van der Waals surface area contributed by atoms with Gasteiger partial charge in [-0.25, -0.2) is 9.78 Å². The molecule has 2 unspecified atom stereocenters. The Morgan fingerprint density at radius 2 is 1.58 bits per heavy atom. The van der Waals surface area contributed by atoms with Crippen molar-refractivity contribution in [1.82, 2.24) is 4.98 Å². The molecule has 33 heavy (non-hydrogen) atoms. The van der Waals surface area contributed by atoms with Crippen molar-refractivity contribution in [1.29, 1.82) is 0 Å². The third kappa shape index (κ3) is 4.20. The number of hydrogen-bond donors (Lipinski definition) is 3. The van der Waals surface area contributed by atoms with E-state index in [1.165, 1.54) is 31.2 Å². The number of anilines is 4. The molecule has 0 bridgehead atoms. The molecular formula is C28H31N3O2. The molecule has 5 heteroatoms. The molecule has 0 amide bonds. The van der Waals surface area contributed by atoms with Crippen LogP contribution in [0.25, 0.3) is 0 Å². The van der Waals surface area contributed by atoms with Gasteiger partial charge in [0.15, 0.2) is 0 Å². The van der Waals surface area contributed by atoms with Crippen LogP contribution in [0.3, 0.4) is 0 Å². The first-order valence-electron chi connectivity index (χ1n) is 11.9. The van der Waals surface area contributed by atoms with Crippen LogP contribution in [0.5, 0.6) is 0 Å². The summed E-state index contributed by atoms with van der Waals surface area (Å²) in [5.41, 5.74) is 4.87. The van der Waals surface area contributed by atoms with Gasteiger partial charge in [-0.3, -0.25) is 0 Å². The van der Waals surface area contributed by atoms with E-state index in [0.29, 0.717) is 11.2 Å². The van der Waals surface area contributed by atoms with E-state index in [4.69, 9.17) is 0 Å². The van der Waals surface area contributed by atoms with Gasteiger partial charge in [0.05, 0.1) is 0 Å². The summed E-state index contributed by atoms with van der Waals surface area (Å²) in [4.78, 5) is 15.6. The number of aromatic carboxylic acids is 1. The van der Waals surface area contributed by atoms with E-state index in [9.17, 15) is 9.90 Å². The molecule has 0 aliphatic heterocycles. The van der Waals surface area contributed by atoms with Gasteiger partial charge in [0.1, 0.15) is 11.4 Å². The summed E-state index contributed by atoms with van der Waals surface area (Å²) < 4.78 is 0. The van der Waals surface area contributed by atoms with Gasteiger partial charge in [0, 0.05) is 23.3 Å². The Bertz CT molecular complexity index is 1140. The van der Waals surface area contributed by atoms with Crippen LogP contribution in [0.2, 0.25) is 0 Å². The summed E-state index contributed by atoms with van der Waals surface area (Å²) in [5, 5.41) is 16.0. The average Bonchev–Trinajstić information content (AvgIpc) is 3.27. The minimum Gasteiger partial charge on any atom is -0.478 e. The molecule has 3 N–H and O–H groups in total. The first kappa shape index (κ1) is 21.5. The number of aromatic nitrogens is 1. The second kappa shape index (κ2) is 8.54. The largest absolute Gasteiger partial charge is 0.478 e. The second-order valence-electron chi connectivity index (χ2n) is 10.1. The maximum Gasteiger partial charge on any atom is 0.339 e. The van der Waals surface area contributed by atoms with Gasteiger partial charge >= 0.3 is 5.97 Å². The van der Waals surface area contributed by atoms with E-state index in [-0.39, 0.29) is 5.56 Å². The highest BCUT2D eigenvalue weighted by molar-refractivity contribution is 5.93. The van der Waals surface area contributed by atoms with Crippen molar-refractivity contribution in [2.75, 3.05) is 10.6 Å². The number of carboxylic acids is 1. The number of pyridine rings is 1. The second-order valence-corrected chi connectivity index (χ2v) is 10.1. The average molecular weight is 442 g/mol. The number of carboxylic acid groups (broad SMARTS) is 1. The number of fused-ring (bicyclic) bond motifs is 1. The molecule has 2 fully saturated rings. The van der Waals surface area contributed by atoms with Crippen LogP contribution in [0, 0.1) is 17.8 Å². The number of nitrogens with one attached hydrogen (secondary N) is 2. The van der Waals surface area contributed by atoms with Gasteiger partial charge in [-0.1, -0.05) is 26.0 Å². The summed E-state index contributed by atoms with van der Waals surface area (Å²) in [7, 11) is 0. The minimum absolute atomic E-state index is 0.150. The molecule has 1 heterocycles. The molecule has 2 aliphatic rings. The lowest BCUT2D eigenvalue weighted by molar-refractivity contribution is 0.0697. The highest BCUT2D eigenvalue weighted by Gasteiger charge is 2.51. The van der Waals surface area contributed by atoms with E-state index in [1.54, 1.807) is 18.3 Å². The number of benzene rings is 2. The van der Waals surface area contributed by atoms with E-state index in [0.717, 1.165) is 34.8 Å². The molecule has 2 aromatic carbocycles. The monoisotopic (exact) mass is 441 g/mol. The zero-order chi connectivity index (χ0) is 23.0. The smallest absolute Gasteiger partial charge is 0.339 e. The van der Waals surface area contributed by atoms with Gasteiger partial charge in [-0.05, 0) is 103 Å². The van der Waals surface area contributed by atoms with Crippen LogP contribution in [0.4, 0.5) is 22.9 Å². The highest BCUT2D eigenvalue weighted by Crippen LogP contribution is 2.59. The predicted molar refractivity (Wildman–Crippen MR) is 133 cm³/mol. The molecule has 0 radical (unpaired) electrons. The van der Waals surface area contributed by atoms with Gasteiger partial charge in [0.2, 0.25) is 0 Å². The Morgan fingerprint density at radius 1 is 0.909 bits per heavy atom. The Balaban J connectivity index is 1.32. The molecule has 0 spiro atoms. The van der Waals surface area contributed by atoms with Gasteiger partial charge < -0.3 is 15.7 Å². The van der Waals surface area contributed by atoms with Crippen LogP contribution in [0.15, 0.2) is 66.9 Å². The van der Waals surface area contributed by atoms with Crippen molar-refractivity contribution in [3.05, 3.63) is 78.0 Å². The summed E-state index contributed by atoms with van der Waals surface area (Å²) >= 11 is 0. The number of nitrogens with zero attached hydrogens (tertiary/aromatic N) is 1. The molecule has 1 aromatic heterocycles. The van der Waals surface area contributed by atoms with Crippen molar-refractivity contribution >= 4 is 28.8 Å². The summed E-state index contributed by atoms with van der Waals surface area (Å²) in [6, 6.07) is 20.0. The van der Waals surface area contributed by atoms with E-state index < -0.39 is 5.97 Å². The molecular weight excluding hydrogens is 410 g/mol. The van der Waals surface area contributed by atoms with Crippen LogP contribution in [-0.2, 0) is 5.41 Å². The molecule has 2 atom stereocenters. The Hall–Kier alpha value is -3.34. The van der Waals surface area contributed by atoms with Crippen molar-refractivity contribution in [3.8, 4) is 0 Å². The minimum atomic E-state index is -1.00. The fourth-order valence-electron chi connectivity index (χ4n) is 6.34. The quantitative estimate of drug-likeness (QED) is 0.385. The molecule has 5 rings (SSSR count). The molecule has 2 aliphatic carbocycles. The Labute approximate surface area is 195 Å². The third-order valence-electron chi connectivity index (χ3n) is 7.49. The Morgan fingerprint density at radius 3 is 2.24 bits per heavy atom. The lowest BCUT2D eigenvalue weighted by atomic mass is 9.73. The number of carbonyl (C=O) groups is 1. The Kier molecular flexibility index (Phi) is 5.57. The van der Waals surface area contributed by atoms with Crippen molar-refractivity contribution in [2.45, 2.75) is 44.9 Å². The third-order valence-corrected chi connectivity index (χ3v) is 7.49. The topological polar surface area (TPSA) is 74.2 Å². The lowest BCUT2D eigenvalue weighted by Gasteiger charge is -2.31. The predicted octanol–water partition coefficient (Wildman–Crippen LogP) is 6.98. The standard InChI is InChI=1S/C28H31N3O2/c1-18-13-21-14-19(2)17-28(21,16-18)20-5-3-6-24(15-20)30-22-8-10-23(11-9-22)31-26-25(27(32)33)7-4-12-29-26/h3-12,15,18-19,21,30H,13-14,16-17H2,1-2H3,(H,29,31)(H,32,33). The van der Waals surface area contributed by atoms with E-state index in [2.05, 4.69) is 53.7 Å². The molecule has 0 saturated heterocycles. The first-order chi connectivity index (χ1) is 15.9.